The fourth-order valence-corrected chi connectivity index (χ4v) is 2.33. The second-order valence-electron chi connectivity index (χ2n) is 4.39. The summed E-state index contributed by atoms with van der Waals surface area (Å²) in [6, 6.07) is 11.0. The number of halogens is 1. The quantitative estimate of drug-likeness (QED) is 0.872. The van der Waals surface area contributed by atoms with Gasteiger partial charge < -0.3 is 10.1 Å². The predicted molar refractivity (Wildman–Crippen MR) is 70.6 cm³/mol. The van der Waals surface area contributed by atoms with Gasteiger partial charge in [-0.15, -0.1) is 0 Å². The van der Waals surface area contributed by atoms with E-state index in [0.717, 1.165) is 24.2 Å². The number of hydrogen-bond donors (Lipinski definition) is 1. The largest absolute Gasteiger partial charge is 0.497 e. The lowest BCUT2D eigenvalue weighted by molar-refractivity contribution is 0.411. The molecular formula is C15H14FNO. The molecule has 0 unspecified atom stereocenters. The Hall–Kier alpha value is -2.03. The number of ether oxygens (including phenoxy) is 1. The van der Waals surface area contributed by atoms with Crippen LogP contribution in [0.15, 0.2) is 36.4 Å². The third kappa shape index (κ3) is 1.82. The van der Waals surface area contributed by atoms with E-state index in [1.165, 1.54) is 18.7 Å². The van der Waals surface area contributed by atoms with E-state index in [0.29, 0.717) is 11.3 Å². The van der Waals surface area contributed by atoms with E-state index in [9.17, 15) is 4.39 Å². The van der Waals surface area contributed by atoms with Gasteiger partial charge in [0, 0.05) is 23.9 Å². The number of fused-ring (bicyclic) bond motifs is 1. The number of rotatable bonds is 2. The topological polar surface area (TPSA) is 21.3 Å². The van der Waals surface area contributed by atoms with E-state index in [4.69, 9.17) is 4.74 Å². The minimum absolute atomic E-state index is 0.250. The second-order valence-corrected chi connectivity index (χ2v) is 4.39. The fraction of sp³-hybridized carbons (Fsp3) is 0.200. The van der Waals surface area contributed by atoms with Crippen molar-refractivity contribution in [1.29, 1.82) is 0 Å². The molecule has 0 bridgehead atoms. The molecule has 1 N–H and O–H groups in total. The van der Waals surface area contributed by atoms with E-state index < -0.39 is 0 Å². The zero-order valence-corrected chi connectivity index (χ0v) is 10.2. The average Bonchev–Trinajstić information content (AvgIpc) is 2.85. The highest BCUT2D eigenvalue weighted by Gasteiger charge is 2.12. The highest BCUT2D eigenvalue weighted by molar-refractivity contribution is 5.70. The van der Waals surface area contributed by atoms with Gasteiger partial charge in [-0.2, -0.15) is 0 Å². The van der Waals surface area contributed by atoms with E-state index in [2.05, 4.69) is 11.4 Å². The molecular weight excluding hydrogens is 229 g/mol. The first-order valence-corrected chi connectivity index (χ1v) is 5.98. The molecule has 0 fully saturated rings. The van der Waals surface area contributed by atoms with Crippen molar-refractivity contribution in [3.8, 4) is 16.9 Å². The Bertz CT molecular complexity index is 595. The molecule has 1 aliphatic rings. The van der Waals surface area contributed by atoms with E-state index >= 15 is 0 Å². The lowest BCUT2D eigenvalue weighted by atomic mass is 10.0. The summed E-state index contributed by atoms with van der Waals surface area (Å²) in [4.78, 5) is 0. The standard InChI is InChI=1S/C15H14FNO/c1-18-12-3-4-13(14(16)9-12)10-2-5-15-11(8-10)6-7-17-15/h2-5,8-9,17H,6-7H2,1H3. The van der Waals surface area contributed by atoms with Crippen LogP contribution in [0.4, 0.5) is 10.1 Å². The van der Waals surface area contributed by atoms with Crippen molar-refractivity contribution in [2.24, 2.45) is 0 Å². The monoisotopic (exact) mass is 243 g/mol. The average molecular weight is 243 g/mol. The summed E-state index contributed by atoms with van der Waals surface area (Å²) in [5, 5.41) is 3.30. The van der Waals surface area contributed by atoms with Crippen LogP contribution in [0.5, 0.6) is 5.75 Å². The van der Waals surface area contributed by atoms with E-state index in [-0.39, 0.29) is 5.82 Å². The molecule has 3 rings (SSSR count). The summed E-state index contributed by atoms with van der Waals surface area (Å²) >= 11 is 0. The van der Waals surface area contributed by atoms with E-state index in [1.54, 1.807) is 12.1 Å². The lowest BCUT2D eigenvalue weighted by Crippen LogP contribution is -1.90. The van der Waals surface area contributed by atoms with Gasteiger partial charge in [0.15, 0.2) is 0 Å². The molecule has 2 aromatic carbocycles. The Balaban J connectivity index is 2.04. The molecule has 1 aliphatic heterocycles. The van der Waals surface area contributed by atoms with Gasteiger partial charge in [0.05, 0.1) is 7.11 Å². The van der Waals surface area contributed by atoms with Gasteiger partial charge in [-0.3, -0.25) is 0 Å². The van der Waals surface area contributed by atoms with Crippen LogP contribution < -0.4 is 10.1 Å². The van der Waals surface area contributed by atoms with Gasteiger partial charge in [-0.1, -0.05) is 6.07 Å². The summed E-state index contributed by atoms with van der Waals surface area (Å²) in [7, 11) is 1.54. The van der Waals surface area contributed by atoms with Crippen molar-refractivity contribution in [2.75, 3.05) is 19.0 Å². The number of anilines is 1. The molecule has 18 heavy (non-hydrogen) atoms. The third-order valence-electron chi connectivity index (χ3n) is 3.30. The van der Waals surface area contributed by atoms with Gasteiger partial charge in [0.2, 0.25) is 0 Å². The minimum atomic E-state index is -0.250. The van der Waals surface area contributed by atoms with Gasteiger partial charge in [0.25, 0.3) is 0 Å². The normalized spacial score (nSPS) is 13.0. The van der Waals surface area contributed by atoms with Crippen LogP contribution in [0.2, 0.25) is 0 Å². The summed E-state index contributed by atoms with van der Waals surface area (Å²) < 4.78 is 19.0. The highest BCUT2D eigenvalue weighted by atomic mass is 19.1. The molecule has 0 radical (unpaired) electrons. The first-order chi connectivity index (χ1) is 8.78. The number of nitrogens with one attached hydrogen (secondary N) is 1. The molecule has 0 saturated carbocycles. The summed E-state index contributed by atoms with van der Waals surface area (Å²) in [6.07, 6.45) is 1.00. The number of methoxy groups -OCH3 is 1. The van der Waals surface area contributed by atoms with Gasteiger partial charge in [-0.25, -0.2) is 4.39 Å². The maximum atomic E-state index is 14.0. The zero-order valence-electron chi connectivity index (χ0n) is 10.2. The molecule has 0 aliphatic carbocycles. The zero-order chi connectivity index (χ0) is 12.5. The first kappa shape index (κ1) is 11.1. The van der Waals surface area contributed by atoms with Gasteiger partial charge >= 0.3 is 0 Å². The molecule has 2 aromatic rings. The smallest absolute Gasteiger partial charge is 0.134 e. The second kappa shape index (κ2) is 4.33. The van der Waals surface area contributed by atoms with Crippen molar-refractivity contribution < 1.29 is 9.13 Å². The van der Waals surface area contributed by atoms with Crippen LogP contribution in [-0.4, -0.2) is 13.7 Å². The Morgan fingerprint density at radius 3 is 2.83 bits per heavy atom. The predicted octanol–water partition coefficient (Wildman–Crippen LogP) is 3.47. The molecule has 0 spiro atoms. The van der Waals surface area contributed by atoms with Crippen LogP contribution in [0.25, 0.3) is 11.1 Å². The molecule has 0 amide bonds. The Morgan fingerprint density at radius 1 is 1.17 bits per heavy atom. The van der Waals surface area contributed by atoms with Gasteiger partial charge in [-0.05, 0) is 41.8 Å². The third-order valence-corrected chi connectivity index (χ3v) is 3.30. The molecule has 92 valence electrons. The maximum Gasteiger partial charge on any atom is 0.134 e. The Labute approximate surface area is 105 Å². The summed E-state index contributed by atoms with van der Waals surface area (Å²) in [5.41, 5.74) is 3.94. The summed E-state index contributed by atoms with van der Waals surface area (Å²) in [6.45, 7) is 0.962. The summed E-state index contributed by atoms with van der Waals surface area (Å²) in [5.74, 6) is 0.291. The van der Waals surface area contributed by atoms with Crippen molar-refractivity contribution in [1.82, 2.24) is 0 Å². The minimum Gasteiger partial charge on any atom is -0.497 e. The molecule has 0 saturated heterocycles. The van der Waals surface area contributed by atoms with Crippen LogP contribution in [-0.2, 0) is 6.42 Å². The fourth-order valence-electron chi connectivity index (χ4n) is 2.33. The number of benzene rings is 2. The maximum absolute atomic E-state index is 14.0. The van der Waals surface area contributed by atoms with Crippen molar-refractivity contribution in [3.05, 3.63) is 47.8 Å². The molecule has 3 heteroatoms. The van der Waals surface area contributed by atoms with Crippen LogP contribution in [0.1, 0.15) is 5.56 Å². The molecule has 1 heterocycles. The molecule has 0 aromatic heterocycles. The Kier molecular flexibility index (Phi) is 2.67. The number of hydrogen-bond acceptors (Lipinski definition) is 2. The SMILES string of the molecule is COc1ccc(-c2ccc3c(c2)CCN3)c(F)c1. The van der Waals surface area contributed by atoms with Gasteiger partial charge in [0.1, 0.15) is 11.6 Å². The van der Waals surface area contributed by atoms with Crippen molar-refractivity contribution in [2.45, 2.75) is 6.42 Å². The van der Waals surface area contributed by atoms with Crippen LogP contribution in [0.3, 0.4) is 0 Å². The first-order valence-electron chi connectivity index (χ1n) is 5.98. The van der Waals surface area contributed by atoms with Crippen LogP contribution in [0, 0.1) is 5.82 Å². The van der Waals surface area contributed by atoms with Crippen LogP contribution >= 0.6 is 0 Å². The molecule has 0 atom stereocenters. The van der Waals surface area contributed by atoms with E-state index in [1.807, 2.05) is 12.1 Å². The van der Waals surface area contributed by atoms with Crippen molar-refractivity contribution in [3.63, 3.8) is 0 Å². The lowest BCUT2D eigenvalue weighted by Gasteiger charge is -2.08. The highest BCUT2D eigenvalue weighted by Crippen LogP contribution is 2.31. The van der Waals surface area contributed by atoms with Crippen molar-refractivity contribution >= 4 is 5.69 Å². The molecule has 2 nitrogen and oxygen atoms in total. The Morgan fingerprint density at radius 2 is 2.06 bits per heavy atom.